The van der Waals surface area contributed by atoms with Crippen LogP contribution in [0.1, 0.15) is 58.6 Å². The summed E-state index contributed by atoms with van der Waals surface area (Å²) in [6.45, 7) is 9.19. The normalized spacial score (nSPS) is 10.8. The Balaban J connectivity index is 1.65. The number of hydrogen-bond donors (Lipinski definition) is 2. The number of carbonyl (C=O) groups excluding carboxylic acids is 3. The number of esters is 1. The third kappa shape index (κ3) is 6.23. The summed E-state index contributed by atoms with van der Waals surface area (Å²) in [7, 11) is 0. The van der Waals surface area contributed by atoms with Crippen LogP contribution in [0.3, 0.4) is 0 Å². The van der Waals surface area contributed by atoms with Crippen LogP contribution in [0.5, 0.6) is 0 Å². The van der Waals surface area contributed by atoms with Crippen LogP contribution in [0.2, 0.25) is 0 Å². The second-order valence-electron chi connectivity index (χ2n) is 8.71. The molecular weight excluding hydrogens is 442 g/mol. The summed E-state index contributed by atoms with van der Waals surface area (Å²) in [5, 5.41) is 6.06. The molecule has 7 heteroatoms. The molecule has 0 aliphatic heterocycles. The third-order valence-corrected chi connectivity index (χ3v) is 5.85. The zero-order valence-corrected chi connectivity index (χ0v) is 21.1. The number of rotatable bonds is 9. The fraction of sp³-hybridized carbons (Fsp3) is 0.357. The fourth-order valence-corrected chi connectivity index (χ4v) is 4.35. The summed E-state index contributed by atoms with van der Waals surface area (Å²) in [4.78, 5) is 42.5. The molecule has 184 valence electrons. The van der Waals surface area contributed by atoms with Gasteiger partial charge in [-0.3, -0.25) is 14.6 Å². The lowest BCUT2D eigenvalue weighted by Gasteiger charge is -2.15. The van der Waals surface area contributed by atoms with Crippen LogP contribution in [0, 0.1) is 20.8 Å². The summed E-state index contributed by atoms with van der Waals surface area (Å²) in [5.74, 6) is -1.46. The molecule has 2 amide bonds. The van der Waals surface area contributed by atoms with Gasteiger partial charge < -0.3 is 15.4 Å². The van der Waals surface area contributed by atoms with Crippen LogP contribution in [0.15, 0.2) is 36.4 Å². The van der Waals surface area contributed by atoms with E-state index >= 15 is 0 Å². The highest BCUT2D eigenvalue weighted by molar-refractivity contribution is 6.05. The van der Waals surface area contributed by atoms with E-state index in [0.29, 0.717) is 17.4 Å². The van der Waals surface area contributed by atoms with E-state index in [-0.39, 0.29) is 12.5 Å². The Morgan fingerprint density at radius 3 is 2.31 bits per heavy atom. The monoisotopic (exact) mass is 475 g/mol. The number of pyridine rings is 1. The minimum atomic E-state index is -0.566. The van der Waals surface area contributed by atoms with E-state index in [0.717, 1.165) is 52.0 Å². The zero-order chi connectivity index (χ0) is 25.5. The number of nitrogens with one attached hydrogen (secondary N) is 2. The summed E-state index contributed by atoms with van der Waals surface area (Å²) >= 11 is 0. The number of anilines is 1. The van der Waals surface area contributed by atoms with Crippen molar-refractivity contribution in [2.24, 2.45) is 0 Å². The average Bonchev–Trinajstić information content (AvgIpc) is 2.82. The first kappa shape index (κ1) is 25.9. The molecule has 35 heavy (non-hydrogen) atoms. The lowest BCUT2D eigenvalue weighted by Crippen LogP contribution is -2.36. The molecule has 7 nitrogen and oxygen atoms in total. The van der Waals surface area contributed by atoms with Crippen LogP contribution < -0.4 is 10.6 Å². The van der Waals surface area contributed by atoms with Gasteiger partial charge in [-0.15, -0.1) is 0 Å². The van der Waals surface area contributed by atoms with E-state index in [1.807, 2.05) is 64.1 Å². The molecule has 0 spiro atoms. The highest BCUT2D eigenvalue weighted by atomic mass is 16.5. The Morgan fingerprint density at radius 2 is 1.66 bits per heavy atom. The Bertz CT molecular complexity index is 1240. The quantitative estimate of drug-likeness (QED) is 0.441. The Hall–Kier alpha value is -3.74. The van der Waals surface area contributed by atoms with Gasteiger partial charge in [0.25, 0.3) is 5.91 Å². The van der Waals surface area contributed by atoms with Gasteiger partial charge in [0.1, 0.15) is 0 Å². The minimum absolute atomic E-state index is 0.220. The number of fused-ring (bicyclic) bond motifs is 1. The summed E-state index contributed by atoms with van der Waals surface area (Å²) in [6, 6.07) is 11.4. The summed E-state index contributed by atoms with van der Waals surface area (Å²) in [5.41, 5.74) is 6.66. The molecule has 1 aromatic heterocycles. The van der Waals surface area contributed by atoms with Crippen molar-refractivity contribution in [1.82, 2.24) is 10.3 Å². The maximum atomic E-state index is 13.1. The van der Waals surface area contributed by atoms with Crippen molar-refractivity contribution in [3.05, 3.63) is 69.9 Å². The molecule has 0 radical (unpaired) electrons. The molecule has 0 saturated heterocycles. The maximum absolute atomic E-state index is 13.1. The Morgan fingerprint density at radius 1 is 0.971 bits per heavy atom. The van der Waals surface area contributed by atoms with Gasteiger partial charge in [0, 0.05) is 16.8 Å². The van der Waals surface area contributed by atoms with E-state index < -0.39 is 18.5 Å². The van der Waals surface area contributed by atoms with Gasteiger partial charge in [0.15, 0.2) is 6.61 Å². The van der Waals surface area contributed by atoms with E-state index in [4.69, 9.17) is 9.72 Å². The molecule has 0 atom stereocenters. The average molecular weight is 476 g/mol. The van der Waals surface area contributed by atoms with Crippen molar-refractivity contribution in [3.63, 3.8) is 0 Å². The third-order valence-electron chi connectivity index (χ3n) is 5.85. The van der Waals surface area contributed by atoms with E-state index in [1.165, 1.54) is 0 Å². The molecule has 0 aliphatic carbocycles. The topological polar surface area (TPSA) is 97.4 Å². The van der Waals surface area contributed by atoms with Gasteiger partial charge in [0.05, 0.1) is 17.6 Å². The number of aryl methyl sites for hydroxylation is 4. The molecule has 3 aromatic rings. The highest BCUT2D eigenvalue weighted by Gasteiger charge is 2.21. The van der Waals surface area contributed by atoms with Crippen molar-refractivity contribution < 1.29 is 19.1 Å². The minimum Gasteiger partial charge on any atom is -0.452 e. The van der Waals surface area contributed by atoms with Gasteiger partial charge in [-0.2, -0.15) is 0 Å². The first-order chi connectivity index (χ1) is 16.7. The molecule has 3 rings (SSSR count). The molecule has 2 aromatic carbocycles. The molecule has 1 heterocycles. The number of ether oxygens (including phenoxy) is 1. The van der Waals surface area contributed by atoms with Gasteiger partial charge in [0.2, 0.25) is 5.91 Å². The maximum Gasteiger partial charge on any atom is 0.339 e. The number of para-hydroxylation sites is 1. The number of aromatic nitrogens is 1. The second-order valence-corrected chi connectivity index (χ2v) is 8.71. The highest BCUT2D eigenvalue weighted by Crippen LogP contribution is 2.26. The predicted octanol–water partition coefficient (Wildman–Crippen LogP) is 4.59. The van der Waals surface area contributed by atoms with Gasteiger partial charge in [-0.25, -0.2) is 4.79 Å². The number of amides is 2. The Labute approximate surface area is 206 Å². The van der Waals surface area contributed by atoms with Gasteiger partial charge in [-0.05, 0) is 56.4 Å². The largest absolute Gasteiger partial charge is 0.452 e. The lowest BCUT2D eigenvalue weighted by molar-refractivity contribution is -0.126. The van der Waals surface area contributed by atoms with Gasteiger partial charge >= 0.3 is 5.97 Å². The van der Waals surface area contributed by atoms with Crippen LogP contribution in [0.25, 0.3) is 10.9 Å². The van der Waals surface area contributed by atoms with Crippen LogP contribution in [-0.2, 0) is 27.2 Å². The van der Waals surface area contributed by atoms with E-state index in [9.17, 15) is 14.4 Å². The first-order valence-corrected chi connectivity index (χ1v) is 12.0. The standard InChI is InChI=1S/C28H33N3O4/c1-6-10-22-20(7-2)26(21-11-8-9-12-23(21)30-22)28(34)35-16-25(33)29-15-24(32)31-27-18(4)13-17(3)14-19(27)5/h8-9,11-14H,6-7,10,15-16H2,1-5H3,(H,29,33)(H,31,32). The molecule has 0 bridgehead atoms. The number of carbonyl (C=O) groups is 3. The van der Waals surface area contributed by atoms with Crippen molar-refractivity contribution in [2.75, 3.05) is 18.5 Å². The SMILES string of the molecule is CCCc1nc2ccccc2c(C(=O)OCC(=O)NCC(=O)Nc2c(C)cc(C)cc2C)c1CC. The predicted molar refractivity (Wildman–Crippen MR) is 138 cm³/mol. The van der Waals surface area contributed by atoms with Gasteiger partial charge in [-0.1, -0.05) is 56.2 Å². The molecule has 2 N–H and O–H groups in total. The van der Waals surface area contributed by atoms with Crippen LogP contribution in [0.4, 0.5) is 5.69 Å². The number of hydrogen-bond acceptors (Lipinski definition) is 5. The fourth-order valence-electron chi connectivity index (χ4n) is 4.35. The zero-order valence-electron chi connectivity index (χ0n) is 21.1. The molecular formula is C28H33N3O4. The molecule has 0 unspecified atom stereocenters. The number of nitrogens with zero attached hydrogens (tertiary/aromatic N) is 1. The summed E-state index contributed by atoms with van der Waals surface area (Å²) in [6.07, 6.45) is 2.28. The molecule has 0 fully saturated rings. The van der Waals surface area contributed by atoms with E-state index in [2.05, 4.69) is 17.6 Å². The van der Waals surface area contributed by atoms with Crippen LogP contribution >= 0.6 is 0 Å². The second kappa shape index (κ2) is 11.6. The summed E-state index contributed by atoms with van der Waals surface area (Å²) < 4.78 is 5.37. The Kier molecular flexibility index (Phi) is 8.58. The lowest BCUT2D eigenvalue weighted by atomic mass is 9.96. The van der Waals surface area contributed by atoms with Crippen molar-refractivity contribution in [2.45, 2.75) is 53.9 Å². The molecule has 0 saturated carbocycles. The van der Waals surface area contributed by atoms with Crippen LogP contribution in [-0.4, -0.2) is 35.9 Å². The first-order valence-electron chi connectivity index (χ1n) is 12.0. The van der Waals surface area contributed by atoms with Crippen molar-refractivity contribution in [3.8, 4) is 0 Å². The van der Waals surface area contributed by atoms with Crippen molar-refractivity contribution >= 4 is 34.4 Å². The smallest absolute Gasteiger partial charge is 0.339 e. The molecule has 0 aliphatic rings. The number of benzene rings is 2. The van der Waals surface area contributed by atoms with Crippen molar-refractivity contribution in [1.29, 1.82) is 0 Å². The van der Waals surface area contributed by atoms with E-state index in [1.54, 1.807) is 0 Å².